The van der Waals surface area contributed by atoms with Gasteiger partial charge in [-0.1, -0.05) is 44.0 Å². The van der Waals surface area contributed by atoms with Gasteiger partial charge in [0.25, 0.3) is 5.91 Å². The lowest BCUT2D eigenvalue weighted by atomic mass is 10.1. The Morgan fingerprint density at radius 3 is 2.37 bits per heavy atom. The van der Waals surface area contributed by atoms with Crippen LogP contribution in [0.2, 0.25) is 0 Å². The van der Waals surface area contributed by atoms with Crippen molar-refractivity contribution < 1.29 is 4.79 Å². The molecule has 0 aliphatic heterocycles. The van der Waals surface area contributed by atoms with Gasteiger partial charge < -0.3 is 11.1 Å². The summed E-state index contributed by atoms with van der Waals surface area (Å²) in [5, 5.41) is 2.85. The molecule has 2 aromatic rings. The Balaban J connectivity index is 2.05. The molecule has 0 radical (unpaired) electrons. The molecule has 5 heteroatoms. The van der Waals surface area contributed by atoms with Gasteiger partial charge in [0.05, 0.1) is 5.56 Å². The summed E-state index contributed by atoms with van der Waals surface area (Å²) in [5.74, 6) is -0.179. The number of amides is 1. The minimum atomic E-state index is -0.179. The highest BCUT2D eigenvalue weighted by Crippen LogP contribution is 2.18. The maximum Gasteiger partial charge on any atom is 0.253 e. The van der Waals surface area contributed by atoms with E-state index in [9.17, 15) is 4.79 Å². The normalized spacial score (nSPS) is 10.2. The molecule has 2 rings (SSSR count). The zero-order valence-electron chi connectivity index (χ0n) is 9.99. The van der Waals surface area contributed by atoms with Gasteiger partial charge in [-0.05, 0) is 35.9 Å². The quantitative estimate of drug-likeness (QED) is 0.793. The first-order valence-corrected chi connectivity index (χ1v) is 7.22. The Labute approximate surface area is 128 Å². The van der Waals surface area contributed by atoms with E-state index < -0.39 is 0 Å². The minimum Gasteiger partial charge on any atom is -0.398 e. The lowest BCUT2D eigenvalue weighted by Gasteiger charge is -2.08. The lowest BCUT2D eigenvalue weighted by molar-refractivity contribution is 0.0951. The second kappa shape index (κ2) is 6.21. The summed E-state index contributed by atoms with van der Waals surface area (Å²) in [7, 11) is 0. The number of nitrogen functional groups attached to an aromatic ring is 1. The summed E-state index contributed by atoms with van der Waals surface area (Å²) < 4.78 is 1.84. The van der Waals surface area contributed by atoms with E-state index in [1.165, 1.54) is 0 Å². The third-order valence-electron chi connectivity index (χ3n) is 2.63. The van der Waals surface area contributed by atoms with Gasteiger partial charge in [0.1, 0.15) is 0 Å². The lowest BCUT2D eigenvalue weighted by Crippen LogP contribution is -2.23. The smallest absolute Gasteiger partial charge is 0.253 e. The molecule has 0 aliphatic rings. The van der Waals surface area contributed by atoms with Gasteiger partial charge in [-0.15, -0.1) is 0 Å². The number of carbonyl (C=O) groups is 1. The first-order valence-electron chi connectivity index (χ1n) is 5.64. The van der Waals surface area contributed by atoms with Crippen LogP contribution in [-0.2, 0) is 6.54 Å². The molecular formula is C14H12Br2N2O. The van der Waals surface area contributed by atoms with Crippen molar-refractivity contribution in [1.82, 2.24) is 5.32 Å². The van der Waals surface area contributed by atoms with E-state index in [2.05, 4.69) is 37.2 Å². The summed E-state index contributed by atoms with van der Waals surface area (Å²) in [6.07, 6.45) is 0. The van der Waals surface area contributed by atoms with Crippen LogP contribution in [-0.4, -0.2) is 5.91 Å². The first kappa shape index (κ1) is 14.1. The summed E-state index contributed by atoms with van der Waals surface area (Å²) in [6, 6.07) is 13.0. The first-order chi connectivity index (χ1) is 9.06. The molecule has 19 heavy (non-hydrogen) atoms. The standard InChI is InChI=1S/C14H12Br2N2O/c15-10-3-1-9(2-4-10)8-18-14(19)12-7-11(16)5-6-13(12)17/h1-7H,8,17H2,(H,18,19). The van der Waals surface area contributed by atoms with Crippen LogP contribution in [0.1, 0.15) is 15.9 Å². The van der Waals surface area contributed by atoms with Gasteiger partial charge in [0.2, 0.25) is 0 Å². The van der Waals surface area contributed by atoms with Crippen molar-refractivity contribution in [2.75, 3.05) is 5.73 Å². The fourth-order valence-electron chi connectivity index (χ4n) is 1.60. The van der Waals surface area contributed by atoms with E-state index >= 15 is 0 Å². The molecule has 3 nitrogen and oxygen atoms in total. The molecule has 0 atom stereocenters. The Kier molecular flexibility index (Phi) is 4.61. The van der Waals surface area contributed by atoms with E-state index in [4.69, 9.17) is 5.73 Å². The van der Waals surface area contributed by atoms with E-state index in [1.807, 2.05) is 24.3 Å². The zero-order chi connectivity index (χ0) is 13.8. The molecule has 0 saturated heterocycles. The van der Waals surface area contributed by atoms with Crippen LogP contribution in [0, 0.1) is 0 Å². The van der Waals surface area contributed by atoms with E-state index in [0.29, 0.717) is 17.8 Å². The molecular weight excluding hydrogens is 372 g/mol. The number of nitrogens with two attached hydrogens (primary N) is 1. The van der Waals surface area contributed by atoms with Gasteiger partial charge in [-0.25, -0.2) is 0 Å². The van der Waals surface area contributed by atoms with Crippen LogP contribution in [0.25, 0.3) is 0 Å². The fraction of sp³-hybridized carbons (Fsp3) is 0.0714. The summed E-state index contributed by atoms with van der Waals surface area (Å²) >= 11 is 6.70. The Hall–Kier alpha value is -1.33. The third-order valence-corrected chi connectivity index (χ3v) is 3.65. The van der Waals surface area contributed by atoms with Crippen LogP contribution >= 0.6 is 31.9 Å². The van der Waals surface area contributed by atoms with Crippen molar-refractivity contribution in [1.29, 1.82) is 0 Å². The number of rotatable bonds is 3. The largest absolute Gasteiger partial charge is 0.398 e. The Morgan fingerprint density at radius 2 is 1.68 bits per heavy atom. The highest BCUT2D eigenvalue weighted by atomic mass is 79.9. The molecule has 0 heterocycles. The van der Waals surface area contributed by atoms with Gasteiger partial charge in [0, 0.05) is 21.2 Å². The average molecular weight is 384 g/mol. The molecule has 1 amide bonds. The van der Waals surface area contributed by atoms with Crippen LogP contribution in [0.15, 0.2) is 51.4 Å². The predicted molar refractivity (Wildman–Crippen MR) is 83.9 cm³/mol. The number of hydrogen-bond acceptors (Lipinski definition) is 2. The van der Waals surface area contributed by atoms with Crippen LogP contribution in [0.3, 0.4) is 0 Å². The molecule has 98 valence electrons. The van der Waals surface area contributed by atoms with Crippen molar-refractivity contribution in [2.45, 2.75) is 6.54 Å². The van der Waals surface area contributed by atoms with Crippen LogP contribution in [0.4, 0.5) is 5.69 Å². The van der Waals surface area contributed by atoms with E-state index in [-0.39, 0.29) is 5.91 Å². The van der Waals surface area contributed by atoms with Crippen LogP contribution < -0.4 is 11.1 Å². The maximum absolute atomic E-state index is 12.0. The van der Waals surface area contributed by atoms with Gasteiger partial charge in [0.15, 0.2) is 0 Å². The minimum absolute atomic E-state index is 0.179. The number of benzene rings is 2. The van der Waals surface area contributed by atoms with Gasteiger partial charge in [-0.3, -0.25) is 4.79 Å². The molecule has 0 unspecified atom stereocenters. The summed E-state index contributed by atoms with van der Waals surface area (Å²) in [5.41, 5.74) is 7.77. The Bertz CT molecular complexity index is 597. The van der Waals surface area contributed by atoms with E-state index in [0.717, 1.165) is 14.5 Å². The zero-order valence-corrected chi connectivity index (χ0v) is 13.2. The monoisotopic (exact) mass is 382 g/mol. The summed E-state index contributed by atoms with van der Waals surface area (Å²) in [4.78, 5) is 12.0. The molecule has 0 bridgehead atoms. The molecule has 0 aliphatic carbocycles. The fourth-order valence-corrected chi connectivity index (χ4v) is 2.23. The molecule has 0 aromatic heterocycles. The number of anilines is 1. The van der Waals surface area contributed by atoms with Crippen molar-refractivity contribution in [3.63, 3.8) is 0 Å². The third kappa shape index (κ3) is 3.81. The second-order valence-electron chi connectivity index (χ2n) is 4.04. The number of hydrogen-bond donors (Lipinski definition) is 2. The number of nitrogens with one attached hydrogen (secondary N) is 1. The van der Waals surface area contributed by atoms with Gasteiger partial charge >= 0.3 is 0 Å². The molecule has 2 aromatic carbocycles. The molecule has 0 fully saturated rings. The molecule has 3 N–H and O–H groups in total. The number of carbonyl (C=O) groups excluding carboxylic acids is 1. The topological polar surface area (TPSA) is 55.1 Å². The second-order valence-corrected chi connectivity index (χ2v) is 5.87. The van der Waals surface area contributed by atoms with Crippen molar-refractivity contribution >= 4 is 43.5 Å². The van der Waals surface area contributed by atoms with Crippen LogP contribution in [0.5, 0.6) is 0 Å². The van der Waals surface area contributed by atoms with Crippen molar-refractivity contribution in [2.24, 2.45) is 0 Å². The maximum atomic E-state index is 12.0. The van der Waals surface area contributed by atoms with Crippen molar-refractivity contribution in [3.05, 3.63) is 62.5 Å². The molecule has 0 spiro atoms. The highest BCUT2D eigenvalue weighted by Gasteiger charge is 2.09. The summed E-state index contributed by atoms with van der Waals surface area (Å²) in [6.45, 7) is 0.470. The van der Waals surface area contributed by atoms with E-state index in [1.54, 1.807) is 18.2 Å². The van der Waals surface area contributed by atoms with Gasteiger partial charge in [-0.2, -0.15) is 0 Å². The SMILES string of the molecule is Nc1ccc(Br)cc1C(=O)NCc1ccc(Br)cc1. The predicted octanol–water partition coefficient (Wildman–Crippen LogP) is 3.72. The number of halogens is 2. The molecule has 0 saturated carbocycles. The average Bonchev–Trinajstić information content (AvgIpc) is 2.40. The highest BCUT2D eigenvalue weighted by molar-refractivity contribution is 9.10. The Morgan fingerprint density at radius 1 is 1.05 bits per heavy atom. The van der Waals surface area contributed by atoms with Crippen molar-refractivity contribution in [3.8, 4) is 0 Å².